The minimum Gasteiger partial charge on any atom is -0.421 e. The fourth-order valence-corrected chi connectivity index (χ4v) is 1.65. The quantitative estimate of drug-likeness (QED) is 0.798. The molecule has 0 unspecified atom stereocenters. The Labute approximate surface area is 108 Å². The number of rotatable bonds is 4. The molecule has 0 N–H and O–H groups in total. The molecule has 0 saturated heterocycles. The Morgan fingerprint density at radius 3 is 2.88 bits per heavy atom. The minimum atomic E-state index is -0.443. The van der Waals surface area contributed by atoms with Crippen LogP contribution < -0.4 is 0 Å². The van der Waals surface area contributed by atoms with Crippen molar-refractivity contribution >= 4 is 23.2 Å². The molecule has 2 aromatic rings. The molecule has 0 atom stereocenters. The van der Waals surface area contributed by atoms with Gasteiger partial charge in [-0.2, -0.15) is 0 Å². The van der Waals surface area contributed by atoms with E-state index >= 15 is 0 Å². The molecular weight excluding hydrogens is 266 g/mol. The SMILES string of the molecule is Fc1ccc(Cl)cc1-c1nnc(CCCCl)o1. The summed E-state index contributed by atoms with van der Waals surface area (Å²) >= 11 is 11.3. The second-order valence-electron chi connectivity index (χ2n) is 3.42. The number of aromatic nitrogens is 2. The Hall–Kier alpha value is -1.13. The van der Waals surface area contributed by atoms with Gasteiger partial charge in [0.15, 0.2) is 0 Å². The highest BCUT2D eigenvalue weighted by Gasteiger charge is 2.13. The molecule has 1 aromatic carbocycles. The number of nitrogens with zero attached hydrogens (tertiary/aromatic N) is 2. The normalized spacial score (nSPS) is 10.8. The third-order valence-electron chi connectivity index (χ3n) is 2.15. The first-order chi connectivity index (χ1) is 8.20. The largest absolute Gasteiger partial charge is 0.421 e. The van der Waals surface area contributed by atoms with Crippen molar-refractivity contribution in [3.8, 4) is 11.5 Å². The van der Waals surface area contributed by atoms with Crippen LogP contribution in [0.4, 0.5) is 4.39 Å². The predicted molar refractivity (Wildman–Crippen MR) is 63.7 cm³/mol. The summed E-state index contributed by atoms with van der Waals surface area (Å²) in [5, 5.41) is 8.02. The maximum atomic E-state index is 13.5. The third kappa shape index (κ3) is 2.96. The molecule has 1 heterocycles. The fraction of sp³-hybridized carbons (Fsp3) is 0.273. The highest BCUT2D eigenvalue weighted by molar-refractivity contribution is 6.30. The molecule has 0 aliphatic carbocycles. The zero-order valence-corrected chi connectivity index (χ0v) is 10.3. The summed E-state index contributed by atoms with van der Waals surface area (Å²) in [6.45, 7) is 0. The molecule has 0 fully saturated rings. The molecule has 0 spiro atoms. The Balaban J connectivity index is 2.27. The highest BCUT2D eigenvalue weighted by atomic mass is 35.5. The third-order valence-corrected chi connectivity index (χ3v) is 2.65. The average molecular weight is 275 g/mol. The lowest BCUT2D eigenvalue weighted by Gasteiger charge is -1.97. The van der Waals surface area contributed by atoms with Gasteiger partial charge in [-0.3, -0.25) is 0 Å². The fourth-order valence-electron chi connectivity index (χ4n) is 1.34. The van der Waals surface area contributed by atoms with Crippen LogP contribution in [0.25, 0.3) is 11.5 Å². The number of aryl methyl sites for hydroxylation is 1. The lowest BCUT2D eigenvalue weighted by atomic mass is 10.2. The summed E-state index contributed by atoms with van der Waals surface area (Å²) in [5.41, 5.74) is 0.210. The van der Waals surface area contributed by atoms with Crippen LogP contribution in [0, 0.1) is 5.82 Å². The van der Waals surface area contributed by atoms with Crippen molar-refractivity contribution < 1.29 is 8.81 Å². The van der Waals surface area contributed by atoms with Crippen LogP contribution in [0.1, 0.15) is 12.3 Å². The average Bonchev–Trinajstić information content (AvgIpc) is 2.78. The van der Waals surface area contributed by atoms with E-state index < -0.39 is 5.82 Å². The van der Waals surface area contributed by atoms with Gasteiger partial charge in [0.2, 0.25) is 5.89 Å². The summed E-state index contributed by atoms with van der Waals surface area (Å²) in [5.74, 6) is 0.653. The van der Waals surface area contributed by atoms with E-state index in [1.54, 1.807) is 0 Å². The van der Waals surface area contributed by atoms with Crippen molar-refractivity contribution in [2.24, 2.45) is 0 Å². The van der Waals surface area contributed by atoms with Crippen LogP contribution in [-0.2, 0) is 6.42 Å². The van der Waals surface area contributed by atoms with Gasteiger partial charge in [0.1, 0.15) is 5.82 Å². The second-order valence-corrected chi connectivity index (χ2v) is 4.23. The lowest BCUT2D eigenvalue weighted by Crippen LogP contribution is -1.85. The maximum absolute atomic E-state index is 13.5. The molecule has 0 radical (unpaired) electrons. The molecule has 0 saturated carbocycles. The summed E-state index contributed by atoms with van der Waals surface area (Å²) in [6, 6.07) is 4.18. The van der Waals surface area contributed by atoms with E-state index in [9.17, 15) is 4.39 Å². The summed E-state index contributed by atoms with van der Waals surface area (Å²) in [4.78, 5) is 0. The van der Waals surface area contributed by atoms with Gasteiger partial charge in [-0.05, 0) is 24.6 Å². The maximum Gasteiger partial charge on any atom is 0.250 e. The predicted octanol–water partition coefficient (Wildman–Crippen LogP) is 3.70. The van der Waals surface area contributed by atoms with E-state index in [4.69, 9.17) is 27.6 Å². The molecule has 90 valence electrons. The molecule has 0 amide bonds. The monoisotopic (exact) mass is 274 g/mol. The van der Waals surface area contributed by atoms with Gasteiger partial charge < -0.3 is 4.42 Å². The molecule has 1 aromatic heterocycles. The first kappa shape index (κ1) is 12.3. The number of benzene rings is 1. The van der Waals surface area contributed by atoms with E-state index in [0.717, 1.165) is 6.42 Å². The van der Waals surface area contributed by atoms with Gasteiger partial charge in [0, 0.05) is 17.3 Å². The topological polar surface area (TPSA) is 38.9 Å². The number of halogens is 3. The first-order valence-corrected chi connectivity index (χ1v) is 5.95. The van der Waals surface area contributed by atoms with Crippen molar-refractivity contribution in [1.82, 2.24) is 10.2 Å². The molecular formula is C11H9Cl2FN2O. The van der Waals surface area contributed by atoms with Crippen LogP contribution in [0.2, 0.25) is 5.02 Å². The van der Waals surface area contributed by atoms with E-state index in [1.807, 2.05) is 0 Å². The Morgan fingerprint density at radius 1 is 1.29 bits per heavy atom. The first-order valence-electron chi connectivity index (χ1n) is 5.04. The summed E-state index contributed by atoms with van der Waals surface area (Å²) < 4.78 is 18.8. The van der Waals surface area contributed by atoms with Crippen LogP contribution in [0.3, 0.4) is 0 Å². The molecule has 6 heteroatoms. The van der Waals surface area contributed by atoms with Crippen molar-refractivity contribution in [2.45, 2.75) is 12.8 Å². The Kier molecular flexibility index (Phi) is 3.97. The summed E-state index contributed by atoms with van der Waals surface area (Å²) in [6.07, 6.45) is 1.32. The smallest absolute Gasteiger partial charge is 0.250 e. The molecule has 3 nitrogen and oxygen atoms in total. The van der Waals surface area contributed by atoms with Gasteiger partial charge in [-0.1, -0.05) is 11.6 Å². The minimum absolute atomic E-state index is 0.134. The van der Waals surface area contributed by atoms with Crippen molar-refractivity contribution in [3.63, 3.8) is 0 Å². The van der Waals surface area contributed by atoms with Crippen molar-refractivity contribution in [2.75, 3.05) is 5.88 Å². The van der Waals surface area contributed by atoms with Gasteiger partial charge in [0.05, 0.1) is 5.56 Å². The van der Waals surface area contributed by atoms with Crippen LogP contribution in [-0.4, -0.2) is 16.1 Å². The van der Waals surface area contributed by atoms with Gasteiger partial charge in [-0.15, -0.1) is 21.8 Å². The van der Waals surface area contributed by atoms with Crippen LogP contribution in [0.15, 0.2) is 22.6 Å². The highest BCUT2D eigenvalue weighted by Crippen LogP contribution is 2.25. The molecule has 0 aliphatic rings. The van der Waals surface area contributed by atoms with Gasteiger partial charge >= 0.3 is 0 Å². The Morgan fingerprint density at radius 2 is 2.12 bits per heavy atom. The molecule has 2 rings (SSSR count). The van der Waals surface area contributed by atoms with Crippen molar-refractivity contribution in [3.05, 3.63) is 34.9 Å². The molecule has 0 aliphatic heterocycles. The number of hydrogen-bond acceptors (Lipinski definition) is 3. The van der Waals surface area contributed by atoms with E-state index in [1.165, 1.54) is 18.2 Å². The van der Waals surface area contributed by atoms with Gasteiger partial charge in [0.25, 0.3) is 5.89 Å². The molecule has 17 heavy (non-hydrogen) atoms. The summed E-state index contributed by atoms with van der Waals surface area (Å²) in [7, 11) is 0. The zero-order chi connectivity index (χ0) is 12.3. The van der Waals surface area contributed by atoms with Gasteiger partial charge in [-0.25, -0.2) is 4.39 Å². The number of alkyl halides is 1. The number of hydrogen-bond donors (Lipinski definition) is 0. The zero-order valence-electron chi connectivity index (χ0n) is 8.79. The molecule has 0 bridgehead atoms. The lowest BCUT2D eigenvalue weighted by molar-refractivity contribution is 0.498. The van der Waals surface area contributed by atoms with E-state index in [2.05, 4.69) is 10.2 Å². The van der Waals surface area contributed by atoms with E-state index in [0.29, 0.717) is 23.2 Å². The Bertz CT molecular complexity index is 516. The van der Waals surface area contributed by atoms with E-state index in [-0.39, 0.29) is 11.5 Å². The standard InChI is InChI=1S/C11H9Cl2FN2O/c12-5-1-2-10-15-16-11(17-10)8-6-7(13)3-4-9(8)14/h3-4,6H,1-2,5H2. The van der Waals surface area contributed by atoms with Crippen LogP contribution >= 0.6 is 23.2 Å². The van der Waals surface area contributed by atoms with Crippen molar-refractivity contribution in [1.29, 1.82) is 0 Å². The second kappa shape index (κ2) is 5.47. The van der Waals surface area contributed by atoms with Crippen LogP contribution in [0.5, 0.6) is 0 Å².